The smallest absolute Gasteiger partial charge is 0.208 e. The lowest BCUT2D eigenvalue weighted by molar-refractivity contribution is 0.422. The summed E-state index contributed by atoms with van der Waals surface area (Å²) in [5.41, 5.74) is 0. The molecule has 1 aromatic rings. The zero-order valence-electron chi connectivity index (χ0n) is 8.21. The van der Waals surface area contributed by atoms with Gasteiger partial charge in [-0.3, -0.25) is 0 Å². The van der Waals surface area contributed by atoms with Crippen molar-refractivity contribution in [3.8, 4) is 0 Å². The Labute approximate surface area is 78.5 Å². The van der Waals surface area contributed by atoms with Crippen LogP contribution >= 0.6 is 0 Å². The highest BCUT2D eigenvalue weighted by atomic mass is 16.4. The second kappa shape index (κ2) is 3.50. The predicted molar refractivity (Wildman–Crippen MR) is 50.5 cm³/mol. The average Bonchev–Trinajstić information content (AvgIpc) is 2.79. The molecule has 1 aliphatic rings. The normalized spacial score (nSPS) is 16.8. The summed E-state index contributed by atoms with van der Waals surface area (Å²) in [4.78, 5) is 4.21. The summed E-state index contributed by atoms with van der Waals surface area (Å²) in [6.45, 7) is 4.99. The lowest BCUT2D eigenvalue weighted by atomic mass is 10.2. The van der Waals surface area contributed by atoms with Crippen molar-refractivity contribution < 1.29 is 4.42 Å². The fraction of sp³-hybridized carbons (Fsp3) is 0.700. The fourth-order valence-electron chi connectivity index (χ4n) is 1.19. The van der Waals surface area contributed by atoms with Gasteiger partial charge in [-0.05, 0) is 12.8 Å². The Morgan fingerprint density at radius 2 is 2.38 bits per heavy atom. The molecule has 3 nitrogen and oxygen atoms in total. The summed E-state index contributed by atoms with van der Waals surface area (Å²) in [7, 11) is 0. The lowest BCUT2D eigenvalue weighted by Gasteiger charge is -1.98. The third kappa shape index (κ3) is 2.31. The molecule has 0 bridgehead atoms. The zero-order valence-corrected chi connectivity index (χ0v) is 8.21. The Bertz CT molecular complexity index is 276. The van der Waals surface area contributed by atoms with E-state index in [1.807, 2.05) is 6.20 Å². The van der Waals surface area contributed by atoms with Crippen molar-refractivity contribution in [1.29, 1.82) is 0 Å². The second-order valence-electron chi connectivity index (χ2n) is 3.97. The van der Waals surface area contributed by atoms with Crippen LogP contribution in [-0.2, 0) is 6.54 Å². The van der Waals surface area contributed by atoms with Crippen molar-refractivity contribution in [3.05, 3.63) is 17.8 Å². The topological polar surface area (TPSA) is 38.1 Å². The van der Waals surface area contributed by atoms with Gasteiger partial charge in [0, 0.05) is 12.0 Å². The van der Waals surface area contributed by atoms with Crippen molar-refractivity contribution in [3.63, 3.8) is 0 Å². The Hall–Kier alpha value is -0.830. The summed E-state index contributed by atoms with van der Waals surface area (Å²) in [6.07, 6.45) is 4.43. The molecular formula is C10H16N2O. The van der Waals surface area contributed by atoms with Crippen LogP contribution in [0, 0.1) is 0 Å². The first-order valence-corrected chi connectivity index (χ1v) is 4.93. The van der Waals surface area contributed by atoms with Crippen LogP contribution in [0.4, 0.5) is 0 Å². The molecule has 1 N–H and O–H groups in total. The largest absolute Gasteiger partial charge is 0.444 e. The number of nitrogens with one attached hydrogen (secondary N) is 1. The number of oxazole rings is 1. The fourth-order valence-corrected chi connectivity index (χ4v) is 1.19. The lowest BCUT2D eigenvalue weighted by Crippen LogP contribution is -2.15. The minimum absolute atomic E-state index is 0.433. The van der Waals surface area contributed by atoms with Crippen LogP contribution < -0.4 is 5.32 Å². The molecule has 1 heterocycles. The monoisotopic (exact) mass is 180 g/mol. The van der Waals surface area contributed by atoms with Gasteiger partial charge in [-0.1, -0.05) is 13.8 Å². The van der Waals surface area contributed by atoms with Gasteiger partial charge in [0.2, 0.25) is 5.89 Å². The maximum absolute atomic E-state index is 5.55. The Balaban J connectivity index is 1.88. The highest BCUT2D eigenvalue weighted by Gasteiger charge is 2.20. The molecule has 0 aliphatic heterocycles. The van der Waals surface area contributed by atoms with Crippen molar-refractivity contribution in [2.45, 2.75) is 45.2 Å². The molecule has 2 rings (SSSR count). The minimum atomic E-state index is 0.433. The van der Waals surface area contributed by atoms with E-state index in [0.717, 1.165) is 24.2 Å². The third-order valence-electron chi connectivity index (χ3n) is 2.26. The van der Waals surface area contributed by atoms with Crippen molar-refractivity contribution in [2.75, 3.05) is 0 Å². The van der Waals surface area contributed by atoms with Crippen LogP contribution in [0.5, 0.6) is 0 Å². The quantitative estimate of drug-likeness (QED) is 0.770. The summed E-state index contributed by atoms with van der Waals surface area (Å²) >= 11 is 0. The molecule has 72 valence electrons. The van der Waals surface area contributed by atoms with E-state index in [1.54, 1.807) is 0 Å². The zero-order chi connectivity index (χ0) is 9.26. The van der Waals surface area contributed by atoms with E-state index in [-0.39, 0.29) is 0 Å². The number of aromatic nitrogens is 1. The van der Waals surface area contributed by atoms with E-state index < -0.39 is 0 Å². The molecule has 0 aromatic carbocycles. The van der Waals surface area contributed by atoms with Gasteiger partial charge in [-0.2, -0.15) is 0 Å². The Kier molecular flexibility index (Phi) is 2.36. The molecule has 1 saturated carbocycles. The highest BCUT2D eigenvalue weighted by molar-refractivity contribution is 4.99. The first-order valence-electron chi connectivity index (χ1n) is 4.93. The van der Waals surface area contributed by atoms with Crippen molar-refractivity contribution >= 4 is 0 Å². The molecule has 0 radical (unpaired) electrons. The molecule has 0 unspecified atom stereocenters. The van der Waals surface area contributed by atoms with Crippen molar-refractivity contribution in [2.24, 2.45) is 0 Å². The van der Waals surface area contributed by atoms with E-state index in [0.29, 0.717) is 5.92 Å². The second-order valence-corrected chi connectivity index (χ2v) is 3.97. The summed E-state index contributed by atoms with van der Waals surface area (Å²) in [5.74, 6) is 2.23. The number of nitrogens with zero attached hydrogens (tertiary/aromatic N) is 1. The first kappa shape index (κ1) is 8.75. The molecule has 1 fully saturated rings. The standard InChI is InChI=1S/C10H16N2O/c1-7(2)9-5-12-10(13-9)6-11-8-3-4-8/h5,7-8,11H,3-4,6H2,1-2H3. The number of hydrogen-bond donors (Lipinski definition) is 1. The number of hydrogen-bond acceptors (Lipinski definition) is 3. The Morgan fingerprint density at radius 1 is 1.62 bits per heavy atom. The molecule has 0 amide bonds. The van der Waals surface area contributed by atoms with Crippen LogP contribution in [0.2, 0.25) is 0 Å². The summed E-state index contributed by atoms with van der Waals surface area (Å²) in [6, 6.07) is 0.717. The maximum atomic E-state index is 5.55. The van der Waals surface area contributed by atoms with Gasteiger partial charge in [-0.15, -0.1) is 0 Å². The van der Waals surface area contributed by atoms with Crippen molar-refractivity contribution in [1.82, 2.24) is 10.3 Å². The van der Waals surface area contributed by atoms with Crippen LogP contribution in [0.25, 0.3) is 0 Å². The average molecular weight is 180 g/mol. The van der Waals surface area contributed by atoms with Gasteiger partial charge in [-0.25, -0.2) is 4.98 Å². The minimum Gasteiger partial charge on any atom is -0.444 e. The molecule has 13 heavy (non-hydrogen) atoms. The van der Waals surface area contributed by atoms with Gasteiger partial charge in [0.05, 0.1) is 12.7 Å². The van der Waals surface area contributed by atoms with E-state index in [1.165, 1.54) is 12.8 Å². The molecule has 0 atom stereocenters. The van der Waals surface area contributed by atoms with E-state index in [9.17, 15) is 0 Å². The summed E-state index contributed by atoms with van der Waals surface area (Å²) < 4.78 is 5.55. The van der Waals surface area contributed by atoms with Gasteiger partial charge < -0.3 is 9.73 Å². The van der Waals surface area contributed by atoms with Crippen LogP contribution in [0.15, 0.2) is 10.6 Å². The van der Waals surface area contributed by atoms with E-state index in [2.05, 4.69) is 24.1 Å². The number of rotatable bonds is 4. The highest BCUT2D eigenvalue weighted by Crippen LogP contribution is 2.20. The van der Waals surface area contributed by atoms with Crippen LogP contribution in [0.1, 0.15) is 44.3 Å². The third-order valence-corrected chi connectivity index (χ3v) is 2.26. The Morgan fingerprint density at radius 3 is 2.92 bits per heavy atom. The van der Waals surface area contributed by atoms with E-state index >= 15 is 0 Å². The maximum Gasteiger partial charge on any atom is 0.208 e. The van der Waals surface area contributed by atoms with Gasteiger partial charge >= 0.3 is 0 Å². The molecule has 1 aliphatic carbocycles. The predicted octanol–water partition coefficient (Wildman–Crippen LogP) is 2.05. The van der Waals surface area contributed by atoms with Gasteiger partial charge in [0.15, 0.2) is 0 Å². The molecule has 0 saturated heterocycles. The van der Waals surface area contributed by atoms with Gasteiger partial charge in [0.25, 0.3) is 0 Å². The SMILES string of the molecule is CC(C)c1cnc(CNC2CC2)o1. The van der Waals surface area contributed by atoms with Crippen LogP contribution in [-0.4, -0.2) is 11.0 Å². The van der Waals surface area contributed by atoms with E-state index in [4.69, 9.17) is 4.42 Å². The molecule has 3 heteroatoms. The first-order chi connectivity index (χ1) is 6.25. The molecular weight excluding hydrogens is 164 g/mol. The molecule has 0 spiro atoms. The molecule has 1 aromatic heterocycles. The van der Waals surface area contributed by atoms with Gasteiger partial charge in [0.1, 0.15) is 5.76 Å². The summed E-state index contributed by atoms with van der Waals surface area (Å²) in [5, 5.41) is 3.37. The van der Waals surface area contributed by atoms with Crippen LogP contribution in [0.3, 0.4) is 0 Å².